The first-order valence-electron chi connectivity index (χ1n) is 7.81. The van der Waals surface area contributed by atoms with Gasteiger partial charge in [0.15, 0.2) is 0 Å². The van der Waals surface area contributed by atoms with Crippen LogP contribution >= 0.6 is 0 Å². The first-order valence-corrected chi connectivity index (χ1v) is 7.81. The zero-order valence-electron chi connectivity index (χ0n) is 13.3. The number of aromatic nitrogens is 2. The van der Waals surface area contributed by atoms with E-state index in [2.05, 4.69) is 16.0 Å². The van der Waals surface area contributed by atoms with Crippen LogP contribution in [-0.4, -0.2) is 9.97 Å². The zero-order chi connectivity index (χ0) is 17.1. The Labute approximate surface area is 144 Å². The molecule has 0 saturated heterocycles. The van der Waals surface area contributed by atoms with E-state index in [1.165, 1.54) is 0 Å². The Morgan fingerprint density at radius 1 is 0.960 bits per heavy atom. The molecule has 0 amide bonds. The van der Waals surface area contributed by atoms with Gasteiger partial charge in [-0.2, -0.15) is 5.26 Å². The second kappa shape index (κ2) is 6.42. The Morgan fingerprint density at radius 3 is 2.80 bits per heavy atom. The number of rotatable bonds is 3. The topological polar surface area (TPSA) is 62.7 Å². The standard InChI is InChI=1S/C21H13N3O/c22-13-17-14-23-12-10-15(17)6-7-18-8-9-20(25-18)19-5-1-3-16-4-2-11-24-21(16)19/h1-12,14H/b7-6+. The molecule has 25 heavy (non-hydrogen) atoms. The molecule has 0 saturated carbocycles. The van der Waals surface area contributed by atoms with Gasteiger partial charge in [0, 0.05) is 29.5 Å². The maximum atomic E-state index is 9.11. The monoisotopic (exact) mass is 323 g/mol. The molecule has 4 nitrogen and oxygen atoms in total. The highest BCUT2D eigenvalue weighted by Crippen LogP contribution is 2.29. The summed E-state index contributed by atoms with van der Waals surface area (Å²) < 4.78 is 5.95. The maximum Gasteiger partial charge on any atom is 0.136 e. The van der Waals surface area contributed by atoms with Crippen LogP contribution in [0.2, 0.25) is 0 Å². The number of benzene rings is 1. The molecule has 4 heteroatoms. The Bertz CT molecular complexity index is 1110. The van der Waals surface area contributed by atoms with Crippen molar-refractivity contribution in [2.24, 2.45) is 0 Å². The van der Waals surface area contributed by atoms with E-state index in [9.17, 15) is 0 Å². The number of nitriles is 1. The largest absolute Gasteiger partial charge is 0.457 e. The molecule has 0 spiro atoms. The van der Waals surface area contributed by atoms with Crippen molar-refractivity contribution < 1.29 is 4.42 Å². The van der Waals surface area contributed by atoms with E-state index in [1.807, 2.05) is 54.6 Å². The van der Waals surface area contributed by atoms with Crippen molar-refractivity contribution >= 4 is 23.1 Å². The molecule has 0 unspecified atom stereocenters. The van der Waals surface area contributed by atoms with Gasteiger partial charge < -0.3 is 4.42 Å². The Morgan fingerprint density at radius 2 is 1.88 bits per heavy atom. The molecule has 0 atom stereocenters. The van der Waals surface area contributed by atoms with E-state index in [0.717, 1.165) is 27.8 Å². The fraction of sp³-hybridized carbons (Fsp3) is 0. The van der Waals surface area contributed by atoms with Crippen molar-refractivity contribution in [1.82, 2.24) is 9.97 Å². The highest BCUT2D eigenvalue weighted by atomic mass is 16.3. The molecule has 0 bridgehead atoms. The van der Waals surface area contributed by atoms with Gasteiger partial charge in [0.25, 0.3) is 0 Å². The van der Waals surface area contributed by atoms with Crippen molar-refractivity contribution in [2.45, 2.75) is 0 Å². The molecule has 4 aromatic rings. The highest BCUT2D eigenvalue weighted by molar-refractivity contribution is 5.92. The van der Waals surface area contributed by atoms with E-state index in [1.54, 1.807) is 24.7 Å². The van der Waals surface area contributed by atoms with Crippen LogP contribution in [0.25, 0.3) is 34.4 Å². The van der Waals surface area contributed by atoms with Crippen molar-refractivity contribution in [3.63, 3.8) is 0 Å². The van der Waals surface area contributed by atoms with Crippen molar-refractivity contribution in [3.05, 3.63) is 84.0 Å². The number of hydrogen-bond acceptors (Lipinski definition) is 4. The van der Waals surface area contributed by atoms with Crippen LogP contribution in [0.4, 0.5) is 0 Å². The normalized spacial score (nSPS) is 11.0. The van der Waals surface area contributed by atoms with Gasteiger partial charge in [-0.3, -0.25) is 9.97 Å². The second-order valence-corrected chi connectivity index (χ2v) is 5.49. The van der Waals surface area contributed by atoms with E-state index in [0.29, 0.717) is 11.3 Å². The van der Waals surface area contributed by atoms with Gasteiger partial charge >= 0.3 is 0 Å². The molecule has 0 aliphatic heterocycles. The minimum absolute atomic E-state index is 0.531. The zero-order valence-corrected chi connectivity index (χ0v) is 13.3. The van der Waals surface area contributed by atoms with Gasteiger partial charge in [-0.25, -0.2) is 0 Å². The Hall–Kier alpha value is -3.71. The van der Waals surface area contributed by atoms with Crippen molar-refractivity contribution in [1.29, 1.82) is 5.26 Å². The molecular weight excluding hydrogens is 310 g/mol. The number of fused-ring (bicyclic) bond motifs is 1. The lowest BCUT2D eigenvalue weighted by Gasteiger charge is -2.02. The predicted octanol–water partition coefficient (Wildman–Crippen LogP) is 4.93. The average molecular weight is 323 g/mol. The molecule has 1 aromatic carbocycles. The third-order valence-electron chi connectivity index (χ3n) is 3.93. The van der Waals surface area contributed by atoms with Gasteiger partial charge in [-0.1, -0.05) is 18.2 Å². The molecule has 3 heterocycles. The van der Waals surface area contributed by atoms with Gasteiger partial charge in [-0.15, -0.1) is 0 Å². The van der Waals surface area contributed by atoms with Crippen LogP contribution in [0.15, 0.2) is 71.5 Å². The molecule has 0 N–H and O–H groups in total. The molecule has 118 valence electrons. The summed E-state index contributed by atoms with van der Waals surface area (Å²) in [6, 6.07) is 17.7. The summed E-state index contributed by atoms with van der Waals surface area (Å²) in [5.41, 5.74) is 3.21. The van der Waals surface area contributed by atoms with Gasteiger partial charge in [0.2, 0.25) is 0 Å². The number of hydrogen-bond donors (Lipinski definition) is 0. The van der Waals surface area contributed by atoms with E-state index >= 15 is 0 Å². The van der Waals surface area contributed by atoms with Crippen LogP contribution in [0.5, 0.6) is 0 Å². The van der Waals surface area contributed by atoms with Crippen LogP contribution in [-0.2, 0) is 0 Å². The fourth-order valence-electron chi connectivity index (χ4n) is 2.71. The van der Waals surface area contributed by atoms with Gasteiger partial charge in [0.1, 0.15) is 17.6 Å². The average Bonchev–Trinajstić information content (AvgIpc) is 3.15. The smallest absolute Gasteiger partial charge is 0.136 e. The number of furan rings is 1. The summed E-state index contributed by atoms with van der Waals surface area (Å²) in [5, 5.41) is 10.2. The molecule has 0 aliphatic rings. The summed E-state index contributed by atoms with van der Waals surface area (Å²) in [6.45, 7) is 0. The Balaban J connectivity index is 1.69. The van der Waals surface area contributed by atoms with Crippen molar-refractivity contribution in [3.8, 4) is 17.4 Å². The third kappa shape index (κ3) is 2.91. The van der Waals surface area contributed by atoms with Gasteiger partial charge in [-0.05, 0) is 48.0 Å². The first-order chi connectivity index (χ1) is 12.3. The number of nitrogens with zero attached hydrogens (tertiary/aromatic N) is 3. The summed E-state index contributed by atoms with van der Waals surface area (Å²) in [5.74, 6) is 1.47. The van der Waals surface area contributed by atoms with Gasteiger partial charge in [0.05, 0.1) is 11.1 Å². The molecule has 0 aliphatic carbocycles. The van der Waals surface area contributed by atoms with Crippen LogP contribution < -0.4 is 0 Å². The van der Waals surface area contributed by atoms with Crippen molar-refractivity contribution in [2.75, 3.05) is 0 Å². The minimum Gasteiger partial charge on any atom is -0.457 e. The quantitative estimate of drug-likeness (QED) is 0.536. The molecule has 0 radical (unpaired) electrons. The summed E-state index contributed by atoms with van der Waals surface area (Å²) in [7, 11) is 0. The van der Waals surface area contributed by atoms with E-state index < -0.39 is 0 Å². The molecule has 3 aromatic heterocycles. The lowest BCUT2D eigenvalue weighted by molar-refractivity contribution is 0.572. The lowest BCUT2D eigenvalue weighted by Crippen LogP contribution is -1.83. The molecule has 4 rings (SSSR count). The first kappa shape index (κ1) is 14.9. The highest BCUT2D eigenvalue weighted by Gasteiger charge is 2.08. The second-order valence-electron chi connectivity index (χ2n) is 5.49. The van der Waals surface area contributed by atoms with E-state index in [4.69, 9.17) is 9.68 Å². The summed E-state index contributed by atoms with van der Waals surface area (Å²) in [6.07, 6.45) is 8.69. The predicted molar refractivity (Wildman–Crippen MR) is 97.3 cm³/mol. The minimum atomic E-state index is 0.531. The summed E-state index contributed by atoms with van der Waals surface area (Å²) >= 11 is 0. The van der Waals surface area contributed by atoms with Crippen LogP contribution in [0.1, 0.15) is 16.9 Å². The number of pyridine rings is 2. The SMILES string of the molecule is N#Cc1cnccc1/C=C/c1ccc(-c2cccc3cccnc23)o1. The fourth-order valence-corrected chi connectivity index (χ4v) is 2.71. The Kier molecular flexibility index (Phi) is 3.82. The number of para-hydroxylation sites is 1. The van der Waals surface area contributed by atoms with Crippen LogP contribution in [0, 0.1) is 11.3 Å². The molecular formula is C21H13N3O. The summed E-state index contributed by atoms with van der Waals surface area (Å²) in [4.78, 5) is 8.42. The lowest BCUT2D eigenvalue weighted by atomic mass is 10.1. The van der Waals surface area contributed by atoms with E-state index in [-0.39, 0.29) is 0 Å². The third-order valence-corrected chi connectivity index (χ3v) is 3.93. The maximum absolute atomic E-state index is 9.11. The molecule has 0 fully saturated rings. The van der Waals surface area contributed by atoms with Crippen LogP contribution in [0.3, 0.4) is 0 Å².